The first-order chi connectivity index (χ1) is 12.4. The van der Waals surface area contributed by atoms with Crippen LogP contribution in [0.25, 0.3) is 0 Å². The molecule has 0 aromatic carbocycles. The molecule has 3 heterocycles. The number of carbonyl (C=O) groups is 2. The number of nitrogens with zero attached hydrogens (tertiary/aromatic N) is 3. The Kier molecular flexibility index (Phi) is 4.12. The number of amides is 2. The maximum Gasteiger partial charge on any atom is 0.275 e. The highest BCUT2D eigenvalue weighted by molar-refractivity contribution is 5.95. The van der Waals surface area contributed by atoms with Crippen LogP contribution in [0.15, 0.2) is 0 Å². The van der Waals surface area contributed by atoms with Crippen LogP contribution in [0.2, 0.25) is 0 Å². The summed E-state index contributed by atoms with van der Waals surface area (Å²) < 4.78 is 0. The van der Waals surface area contributed by atoms with E-state index in [0.29, 0.717) is 12.2 Å². The van der Waals surface area contributed by atoms with Crippen LogP contribution >= 0.6 is 0 Å². The zero-order valence-corrected chi connectivity index (χ0v) is 16.3. The molecular formula is C20H30N4O2. The summed E-state index contributed by atoms with van der Waals surface area (Å²) in [5.74, 6) is 0.188. The first-order valence-electron chi connectivity index (χ1n) is 10.0. The molecule has 0 unspecified atom stereocenters. The number of fused-ring (bicyclic) bond motifs is 1. The van der Waals surface area contributed by atoms with E-state index in [9.17, 15) is 9.59 Å². The zero-order valence-electron chi connectivity index (χ0n) is 16.3. The first kappa shape index (κ1) is 17.6. The highest BCUT2D eigenvalue weighted by Crippen LogP contribution is 2.53. The molecule has 0 spiro atoms. The van der Waals surface area contributed by atoms with Gasteiger partial charge in [-0.25, -0.2) is 0 Å². The average Bonchev–Trinajstić information content (AvgIpc) is 3.02. The summed E-state index contributed by atoms with van der Waals surface area (Å²) >= 11 is 0. The molecule has 1 aliphatic carbocycles. The van der Waals surface area contributed by atoms with Crippen LogP contribution in [-0.2, 0) is 11.2 Å². The quantitative estimate of drug-likeness (QED) is 0.884. The van der Waals surface area contributed by atoms with Crippen LogP contribution in [0.1, 0.15) is 74.6 Å². The summed E-state index contributed by atoms with van der Waals surface area (Å²) in [6.45, 7) is 8.70. The summed E-state index contributed by atoms with van der Waals surface area (Å²) in [5.41, 5.74) is 2.56. The maximum atomic E-state index is 13.5. The molecule has 4 rings (SSSR count). The lowest BCUT2D eigenvalue weighted by Crippen LogP contribution is -2.55. The van der Waals surface area contributed by atoms with Gasteiger partial charge in [0, 0.05) is 42.2 Å². The Hall–Kier alpha value is -1.85. The van der Waals surface area contributed by atoms with E-state index in [-0.39, 0.29) is 35.4 Å². The van der Waals surface area contributed by atoms with Crippen LogP contribution in [0, 0.1) is 12.3 Å². The monoisotopic (exact) mass is 358 g/mol. The van der Waals surface area contributed by atoms with Crippen LogP contribution in [0.5, 0.6) is 0 Å². The van der Waals surface area contributed by atoms with Gasteiger partial charge < -0.3 is 9.80 Å². The highest BCUT2D eigenvalue weighted by Gasteiger charge is 2.60. The molecule has 26 heavy (non-hydrogen) atoms. The van der Waals surface area contributed by atoms with Crippen LogP contribution in [0.4, 0.5) is 0 Å². The van der Waals surface area contributed by atoms with Crippen molar-refractivity contribution in [2.24, 2.45) is 5.41 Å². The molecule has 2 amide bonds. The molecule has 142 valence electrons. The number of hydrogen-bond donors (Lipinski definition) is 1. The van der Waals surface area contributed by atoms with Gasteiger partial charge in [0.25, 0.3) is 5.91 Å². The van der Waals surface area contributed by atoms with E-state index in [2.05, 4.69) is 33.8 Å². The second-order valence-corrected chi connectivity index (χ2v) is 8.59. The Balaban J connectivity index is 1.74. The van der Waals surface area contributed by atoms with Crippen molar-refractivity contribution in [1.82, 2.24) is 20.0 Å². The minimum Gasteiger partial charge on any atom is -0.337 e. The summed E-state index contributed by atoms with van der Waals surface area (Å²) in [7, 11) is 0. The lowest BCUT2D eigenvalue weighted by molar-refractivity contribution is -0.136. The molecule has 2 aliphatic heterocycles. The van der Waals surface area contributed by atoms with Gasteiger partial charge in [0.05, 0.1) is 6.04 Å². The Morgan fingerprint density at radius 1 is 1.27 bits per heavy atom. The Morgan fingerprint density at radius 3 is 2.58 bits per heavy atom. The third-order valence-electron chi connectivity index (χ3n) is 7.22. The average molecular weight is 358 g/mol. The van der Waals surface area contributed by atoms with E-state index in [1.807, 2.05) is 6.92 Å². The van der Waals surface area contributed by atoms with Crippen molar-refractivity contribution in [1.29, 1.82) is 0 Å². The van der Waals surface area contributed by atoms with Gasteiger partial charge in [-0.05, 0) is 32.6 Å². The number of carbonyl (C=O) groups excluding carboxylic acids is 2. The summed E-state index contributed by atoms with van der Waals surface area (Å²) in [4.78, 5) is 30.0. The number of piperidine rings is 1. The van der Waals surface area contributed by atoms with Crippen LogP contribution in [-0.4, -0.2) is 56.5 Å². The fraction of sp³-hybridized carbons (Fsp3) is 0.750. The Labute approximate surface area is 155 Å². The predicted octanol–water partition coefficient (Wildman–Crippen LogP) is 2.67. The standard InChI is InChI=1S/C20H30N4O2/c1-5-15-12(2)18(22-21-15)19(26)24-14-10-20(4)16(23(11-14)13(3)25)8-6-7-9-17(20)24/h14,16-17H,5-11H2,1-4H3,(H,21,22)/t14-,16+,17-,20+/m0/s1. The molecule has 0 radical (unpaired) electrons. The first-order valence-corrected chi connectivity index (χ1v) is 10.0. The van der Waals surface area contributed by atoms with Crippen molar-refractivity contribution in [3.63, 3.8) is 0 Å². The van der Waals surface area contributed by atoms with E-state index < -0.39 is 0 Å². The van der Waals surface area contributed by atoms with Gasteiger partial charge in [-0.15, -0.1) is 0 Å². The second kappa shape index (κ2) is 6.10. The molecule has 1 aromatic heterocycles. The van der Waals surface area contributed by atoms with Crippen molar-refractivity contribution in [2.75, 3.05) is 6.54 Å². The fourth-order valence-corrected chi connectivity index (χ4v) is 5.93. The van der Waals surface area contributed by atoms with Crippen LogP contribution in [0.3, 0.4) is 0 Å². The van der Waals surface area contributed by atoms with Crippen molar-refractivity contribution in [2.45, 2.75) is 84.3 Å². The Bertz CT molecular complexity index is 742. The van der Waals surface area contributed by atoms with Gasteiger partial charge in [-0.3, -0.25) is 14.7 Å². The van der Waals surface area contributed by atoms with E-state index in [1.54, 1.807) is 6.92 Å². The number of hydrogen-bond acceptors (Lipinski definition) is 3. The van der Waals surface area contributed by atoms with Gasteiger partial charge in [0.1, 0.15) is 0 Å². The number of aromatic amines is 1. The molecular weight excluding hydrogens is 328 g/mol. The maximum absolute atomic E-state index is 13.5. The number of H-pyrrole nitrogens is 1. The van der Waals surface area contributed by atoms with Crippen molar-refractivity contribution in [3.8, 4) is 0 Å². The molecule has 1 saturated carbocycles. The summed E-state index contributed by atoms with van der Waals surface area (Å²) in [6.07, 6.45) is 6.19. The third kappa shape index (κ3) is 2.33. The molecule has 4 atom stereocenters. The predicted molar refractivity (Wildman–Crippen MR) is 98.8 cm³/mol. The second-order valence-electron chi connectivity index (χ2n) is 8.59. The van der Waals surface area contributed by atoms with E-state index in [0.717, 1.165) is 49.8 Å². The van der Waals surface area contributed by atoms with Crippen LogP contribution < -0.4 is 0 Å². The van der Waals surface area contributed by atoms with E-state index in [1.165, 1.54) is 0 Å². The van der Waals surface area contributed by atoms with Crippen molar-refractivity contribution in [3.05, 3.63) is 17.0 Å². The lowest BCUT2D eigenvalue weighted by atomic mass is 9.71. The topological polar surface area (TPSA) is 69.3 Å². The minimum absolute atomic E-state index is 0.00144. The lowest BCUT2D eigenvalue weighted by Gasteiger charge is -2.46. The normalized spacial score (nSPS) is 33.3. The minimum atomic E-state index is -0.00144. The number of aryl methyl sites for hydroxylation is 1. The van der Waals surface area contributed by atoms with Gasteiger partial charge >= 0.3 is 0 Å². The molecule has 1 N–H and O–H groups in total. The van der Waals surface area contributed by atoms with Gasteiger partial charge in [0.15, 0.2) is 5.69 Å². The molecule has 2 bridgehead atoms. The SMILES string of the molecule is CCc1[nH]nc(C(=O)N2[C@@H]3CN(C(C)=O)[C@@H]4CCCC[C@H]2[C@]4(C)C3)c1C. The molecule has 6 heteroatoms. The van der Waals surface area contributed by atoms with E-state index in [4.69, 9.17) is 0 Å². The molecule has 3 fully saturated rings. The number of likely N-dealkylation sites (tertiary alicyclic amines) is 2. The van der Waals surface area contributed by atoms with Crippen molar-refractivity contribution < 1.29 is 9.59 Å². The third-order valence-corrected chi connectivity index (χ3v) is 7.22. The van der Waals surface area contributed by atoms with Crippen molar-refractivity contribution >= 4 is 11.8 Å². The highest BCUT2D eigenvalue weighted by atomic mass is 16.2. The number of nitrogens with one attached hydrogen (secondary N) is 1. The van der Waals surface area contributed by atoms with Gasteiger partial charge in [-0.2, -0.15) is 5.10 Å². The molecule has 1 aromatic rings. The number of aromatic nitrogens is 2. The largest absolute Gasteiger partial charge is 0.337 e. The van der Waals surface area contributed by atoms with Gasteiger partial charge in [-0.1, -0.05) is 26.7 Å². The Morgan fingerprint density at radius 2 is 1.96 bits per heavy atom. The smallest absolute Gasteiger partial charge is 0.275 e. The summed E-state index contributed by atoms with van der Waals surface area (Å²) in [5, 5.41) is 7.38. The van der Waals surface area contributed by atoms with Gasteiger partial charge in [0.2, 0.25) is 5.91 Å². The molecule has 2 saturated heterocycles. The molecule has 6 nitrogen and oxygen atoms in total. The van der Waals surface area contributed by atoms with E-state index >= 15 is 0 Å². The zero-order chi connectivity index (χ0) is 18.6. The summed E-state index contributed by atoms with van der Waals surface area (Å²) in [6, 6.07) is 0.572. The fourth-order valence-electron chi connectivity index (χ4n) is 5.93. The number of rotatable bonds is 2. The molecule has 3 aliphatic rings.